The molecule has 1 aromatic rings. The van der Waals surface area contributed by atoms with E-state index in [4.69, 9.17) is 26.1 Å². The van der Waals surface area contributed by atoms with Gasteiger partial charge in [-0.3, -0.25) is 4.99 Å². The second kappa shape index (κ2) is 11.8. The molecule has 0 saturated carbocycles. The quantitative estimate of drug-likeness (QED) is 0.368. The first-order valence-corrected chi connectivity index (χ1v) is 8.91. The van der Waals surface area contributed by atoms with Crippen LogP contribution in [0.15, 0.2) is 23.2 Å². The SMILES string of the molecule is CCNC(=NCCc1ccc(OC)cc1Cl)N(C)CC1CCOC1.I. The lowest BCUT2D eigenvalue weighted by atomic mass is 10.1. The maximum Gasteiger partial charge on any atom is 0.193 e. The Morgan fingerprint density at radius 3 is 2.88 bits per heavy atom. The third-order valence-electron chi connectivity index (χ3n) is 4.16. The van der Waals surface area contributed by atoms with Gasteiger partial charge < -0.3 is 19.7 Å². The average molecular weight is 482 g/mol. The summed E-state index contributed by atoms with van der Waals surface area (Å²) < 4.78 is 10.6. The molecule has 0 aromatic heterocycles. The molecule has 142 valence electrons. The topological polar surface area (TPSA) is 46.1 Å². The molecule has 0 amide bonds. The van der Waals surface area contributed by atoms with Crippen molar-refractivity contribution in [2.45, 2.75) is 19.8 Å². The molecule has 0 spiro atoms. The predicted molar refractivity (Wildman–Crippen MR) is 115 cm³/mol. The summed E-state index contributed by atoms with van der Waals surface area (Å²) in [6.45, 7) is 6.33. The van der Waals surface area contributed by atoms with Gasteiger partial charge >= 0.3 is 0 Å². The highest BCUT2D eigenvalue weighted by molar-refractivity contribution is 14.0. The van der Waals surface area contributed by atoms with Crippen molar-refractivity contribution in [3.05, 3.63) is 28.8 Å². The number of aliphatic imine (C=N–C) groups is 1. The minimum Gasteiger partial charge on any atom is -0.497 e. The lowest BCUT2D eigenvalue weighted by Gasteiger charge is -2.24. The second-order valence-electron chi connectivity index (χ2n) is 6.05. The van der Waals surface area contributed by atoms with Crippen LogP contribution >= 0.6 is 35.6 Å². The van der Waals surface area contributed by atoms with E-state index in [0.717, 1.165) is 61.4 Å². The van der Waals surface area contributed by atoms with Gasteiger partial charge in [-0.25, -0.2) is 0 Å². The molecule has 1 aliphatic heterocycles. The maximum absolute atomic E-state index is 6.29. The standard InChI is InChI=1S/C18H28ClN3O2.HI/c1-4-20-18(22(2)12-14-8-10-24-13-14)21-9-7-15-5-6-16(23-3)11-17(15)19;/h5-6,11,14H,4,7-10,12-13H2,1-3H3,(H,20,21);1H. The highest BCUT2D eigenvalue weighted by Gasteiger charge is 2.19. The first-order chi connectivity index (χ1) is 11.6. The molecular formula is C18H29ClIN3O2. The van der Waals surface area contributed by atoms with Crippen LogP contribution in [0.4, 0.5) is 0 Å². The van der Waals surface area contributed by atoms with Gasteiger partial charge in [0.25, 0.3) is 0 Å². The first kappa shape index (κ1) is 22.3. The molecule has 1 unspecified atom stereocenters. The monoisotopic (exact) mass is 481 g/mol. The van der Waals surface area contributed by atoms with Gasteiger partial charge in [-0.15, -0.1) is 24.0 Å². The van der Waals surface area contributed by atoms with Gasteiger partial charge in [0.05, 0.1) is 13.7 Å². The van der Waals surface area contributed by atoms with E-state index in [9.17, 15) is 0 Å². The smallest absolute Gasteiger partial charge is 0.193 e. The van der Waals surface area contributed by atoms with Crippen LogP contribution in [0.2, 0.25) is 5.02 Å². The molecule has 1 saturated heterocycles. The maximum atomic E-state index is 6.29. The van der Waals surface area contributed by atoms with Crippen LogP contribution < -0.4 is 10.1 Å². The third-order valence-corrected chi connectivity index (χ3v) is 4.51. The molecule has 0 radical (unpaired) electrons. The zero-order valence-corrected chi connectivity index (χ0v) is 18.3. The van der Waals surface area contributed by atoms with Crippen molar-refractivity contribution in [1.29, 1.82) is 0 Å². The molecule has 2 rings (SSSR count). The molecular weight excluding hydrogens is 453 g/mol. The van der Waals surface area contributed by atoms with Crippen molar-refractivity contribution in [2.24, 2.45) is 10.9 Å². The Balaban J connectivity index is 0.00000312. The number of guanidine groups is 1. The number of hydrogen-bond donors (Lipinski definition) is 1. The Hall–Kier alpha value is -0.730. The van der Waals surface area contributed by atoms with Gasteiger partial charge in [0.15, 0.2) is 5.96 Å². The Morgan fingerprint density at radius 2 is 2.28 bits per heavy atom. The van der Waals surface area contributed by atoms with E-state index < -0.39 is 0 Å². The fourth-order valence-corrected chi connectivity index (χ4v) is 3.08. The highest BCUT2D eigenvalue weighted by Crippen LogP contribution is 2.22. The average Bonchev–Trinajstić information content (AvgIpc) is 3.08. The van der Waals surface area contributed by atoms with E-state index in [1.54, 1.807) is 7.11 Å². The second-order valence-corrected chi connectivity index (χ2v) is 6.46. The van der Waals surface area contributed by atoms with Crippen molar-refractivity contribution >= 4 is 41.5 Å². The van der Waals surface area contributed by atoms with Crippen LogP contribution in [0.5, 0.6) is 5.75 Å². The number of benzene rings is 1. The van der Waals surface area contributed by atoms with E-state index >= 15 is 0 Å². The molecule has 1 aromatic carbocycles. The van der Waals surface area contributed by atoms with Crippen molar-refractivity contribution in [3.63, 3.8) is 0 Å². The number of nitrogens with zero attached hydrogens (tertiary/aromatic N) is 2. The normalized spacial score (nSPS) is 17.1. The Morgan fingerprint density at radius 1 is 1.48 bits per heavy atom. The highest BCUT2D eigenvalue weighted by atomic mass is 127. The predicted octanol–water partition coefficient (Wildman–Crippen LogP) is 3.44. The number of rotatable bonds is 7. The molecule has 0 aliphatic carbocycles. The van der Waals surface area contributed by atoms with Gasteiger partial charge in [-0.05, 0) is 37.5 Å². The summed E-state index contributed by atoms with van der Waals surface area (Å²) in [6, 6.07) is 5.78. The first-order valence-electron chi connectivity index (χ1n) is 8.53. The minimum atomic E-state index is 0. The number of nitrogens with one attached hydrogen (secondary N) is 1. The van der Waals surface area contributed by atoms with Crippen LogP contribution in [0.1, 0.15) is 18.9 Å². The number of ether oxygens (including phenoxy) is 2. The number of hydrogen-bond acceptors (Lipinski definition) is 3. The summed E-state index contributed by atoms with van der Waals surface area (Å²) in [5, 5.41) is 4.09. The summed E-state index contributed by atoms with van der Waals surface area (Å²) in [5.41, 5.74) is 1.09. The summed E-state index contributed by atoms with van der Waals surface area (Å²) in [6.07, 6.45) is 1.93. The van der Waals surface area contributed by atoms with Gasteiger partial charge in [0.1, 0.15) is 5.75 Å². The van der Waals surface area contributed by atoms with Crippen LogP contribution in [0.3, 0.4) is 0 Å². The molecule has 1 fully saturated rings. The lowest BCUT2D eigenvalue weighted by molar-refractivity contribution is 0.181. The molecule has 7 heteroatoms. The molecule has 1 N–H and O–H groups in total. The number of halogens is 2. The molecule has 5 nitrogen and oxygen atoms in total. The molecule has 1 heterocycles. The van der Waals surface area contributed by atoms with E-state index in [1.165, 1.54) is 0 Å². The summed E-state index contributed by atoms with van der Waals surface area (Å²) in [5.74, 6) is 2.31. The molecule has 25 heavy (non-hydrogen) atoms. The van der Waals surface area contributed by atoms with Crippen LogP contribution in [-0.4, -0.2) is 57.9 Å². The van der Waals surface area contributed by atoms with Crippen LogP contribution in [-0.2, 0) is 11.2 Å². The van der Waals surface area contributed by atoms with Gasteiger partial charge in [0, 0.05) is 44.2 Å². The van der Waals surface area contributed by atoms with Crippen molar-refractivity contribution < 1.29 is 9.47 Å². The van der Waals surface area contributed by atoms with Crippen LogP contribution in [0, 0.1) is 5.92 Å². The largest absolute Gasteiger partial charge is 0.497 e. The van der Waals surface area contributed by atoms with Gasteiger partial charge in [-0.2, -0.15) is 0 Å². The fourth-order valence-electron chi connectivity index (χ4n) is 2.81. The van der Waals surface area contributed by atoms with Crippen molar-refractivity contribution in [3.8, 4) is 5.75 Å². The Kier molecular flexibility index (Phi) is 10.5. The lowest BCUT2D eigenvalue weighted by Crippen LogP contribution is -2.41. The summed E-state index contributed by atoms with van der Waals surface area (Å²) in [4.78, 5) is 6.93. The summed E-state index contributed by atoms with van der Waals surface area (Å²) in [7, 11) is 3.73. The van der Waals surface area contributed by atoms with E-state index in [1.807, 2.05) is 18.2 Å². The number of methoxy groups -OCH3 is 1. The van der Waals surface area contributed by atoms with Crippen molar-refractivity contribution in [2.75, 3.05) is 47.0 Å². The van der Waals surface area contributed by atoms with E-state index in [0.29, 0.717) is 12.5 Å². The van der Waals surface area contributed by atoms with Crippen LogP contribution in [0.25, 0.3) is 0 Å². The van der Waals surface area contributed by atoms with Gasteiger partial charge in [-0.1, -0.05) is 17.7 Å². The van der Waals surface area contributed by atoms with E-state index in [-0.39, 0.29) is 24.0 Å². The minimum absolute atomic E-state index is 0. The Labute approximate surface area is 173 Å². The fraction of sp³-hybridized carbons (Fsp3) is 0.611. The zero-order valence-electron chi connectivity index (χ0n) is 15.3. The van der Waals surface area contributed by atoms with E-state index in [2.05, 4.69) is 24.2 Å². The van der Waals surface area contributed by atoms with Crippen molar-refractivity contribution in [1.82, 2.24) is 10.2 Å². The summed E-state index contributed by atoms with van der Waals surface area (Å²) >= 11 is 6.29. The zero-order chi connectivity index (χ0) is 17.4. The Bertz CT molecular complexity index is 551. The molecule has 0 bridgehead atoms. The van der Waals surface area contributed by atoms with Gasteiger partial charge in [0.2, 0.25) is 0 Å². The molecule has 1 atom stereocenters. The third kappa shape index (κ3) is 7.19. The molecule has 1 aliphatic rings.